The van der Waals surface area contributed by atoms with Gasteiger partial charge in [0.25, 0.3) is 0 Å². The third-order valence-corrected chi connectivity index (χ3v) is 5.28. The maximum absolute atomic E-state index is 11.5. The highest BCUT2D eigenvalue weighted by Crippen LogP contribution is 2.29. The van der Waals surface area contributed by atoms with Gasteiger partial charge in [-0.1, -0.05) is 36.1 Å². The zero-order chi connectivity index (χ0) is 23.1. The van der Waals surface area contributed by atoms with Crippen molar-refractivity contribution in [3.8, 4) is 23.0 Å². The van der Waals surface area contributed by atoms with E-state index >= 15 is 0 Å². The van der Waals surface area contributed by atoms with Crippen LogP contribution in [0.4, 0.5) is 5.69 Å². The van der Waals surface area contributed by atoms with Gasteiger partial charge >= 0.3 is 8.60 Å². The van der Waals surface area contributed by atoms with Gasteiger partial charge in [0.05, 0.1) is 19.1 Å². The number of nitrogens with one attached hydrogen (secondary N) is 2. The summed E-state index contributed by atoms with van der Waals surface area (Å²) in [7, 11) is -0.870. The highest BCUT2D eigenvalue weighted by molar-refractivity contribution is 7.39. The molecule has 4 rings (SSSR count). The van der Waals surface area contributed by atoms with Crippen molar-refractivity contribution in [2.45, 2.75) is 25.6 Å². The Morgan fingerprint density at radius 1 is 1.22 bits per heavy atom. The van der Waals surface area contributed by atoms with Crippen molar-refractivity contribution >= 4 is 20.2 Å². The smallest absolute Gasteiger partial charge is 0.326 e. The molecule has 2 heterocycles. The summed E-state index contributed by atoms with van der Waals surface area (Å²) >= 11 is 0. The summed E-state index contributed by atoms with van der Waals surface area (Å²) < 4.78 is 3.93. The molecule has 168 valence electrons. The first-order chi connectivity index (χ1) is 15.4. The molecule has 2 unspecified atom stereocenters. The van der Waals surface area contributed by atoms with Gasteiger partial charge in [-0.25, -0.2) is 0 Å². The first-order valence-corrected chi connectivity index (χ1v) is 11.1. The number of hydrogen-bond donors (Lipinski definition) is 5. The number of hydrogen-bond acceptors (Lipinski definition) is 7. The third-order valence-electron chi connectivity index (χ3n) is 4.96. The first-order valence-electron chi connectivity index (χ1n) is 9.98. The van der Waals surface area contributed by atoms with Gasteiger partial charge in [0, 0.05) is 30.8 Å². The maximum atomic E-state index is 11.5. The molecule has 2 aromatic rings. The SMILES string of the molecule is CC(O)C1NC=CN1CC#Cc1ccc(-c2ccc3c(c2)NC(=O)C3)cc1.COP(O)O. The van der Waals surface area contributed by atoms with Gasteiger partial charge in [-0.05, 0) is 41.8 Å². The minimum Gasteiger partial charge on any atom is -0.389 e. The Hall–Kier alpha value is -2.92. The molecule has 0 aliphatic carbocycles. The Labute approximate surface area is 188 Å². The normalized spacial score (nSPS) is 17.0. The number of benzene rings is 2. The largest absolute Gasteiger partial charge is 0.389 e. The predicted octanol–water partition coefficient (Wildman–Crippen LogP) is 2.13. The first kappa shape index (κ1) is 23.7. The molecule has 9 heteroatoms. The predicted molar refractivity (Wildman–Crippen MR) is 124 cm³/mol. The van der Waals surface area contributed by atoms with E-state index in [4.69, 9.17) is 9.79 Å². The fourth-order valence-corrected chi connectivity index (χ4v) is 3.37. The lowest BCUT2D eigenvalue weighted by Crippen LogP contribution is -2.43. The number of amides is 1. The summed E-state index contributed by atoms with van der Waals surface area (Å²) in [4.78, 5) is 29.0. The molecule has 0 saturated heterocycles. The number of rotatable bonds is 4. The van der Waals surface area contributed by atoms with Crippen molar-refractivity contribution in [3.05, 3.63) is 66.0 Å². The highest BCUT2D eigenvalue weighted by Gasteiger charge is 2.22. The van der Waals surface area contributed by atoms with E-state index in [1.54, 1.807) is 6.92 Å². The van der Waals surface area contributed by atoms with E-state index in [0.29, 0.717) is 13.0 Å². The summed E-state index contributed by atoms with van der Waals surface area (Å²) in [5, 5.41) is 15.7. The third kappa shape index (κ3) is 6.30. The number of carbonyl (C=O) groups is 1. The van der Waals surface area contributed by atoms with E-state index in [2.05, 4.69) is 27.0 Å². The second-order valence-corrected chi connectivity index (χ2v) is 8.12. The van der Waals surface area contributed by atoms with Crippen LogP contribution in [0.5, 0.6) is 0 Å². The van der Waals surface area contributed by atoms with Gasteiger partial charge in [0.15, 0.2) is 0 Å². The number of carbonyl (C=O) groups excluding carboxylic acids is 1. The second-order valence-electron chi connectivity index (χ2n) is 7.25. The molecule has 0 saturated carbocycles. The summed E-state index contributed by atoms with van der Waals surface area (Å²) in [6.07, 6.45) is 3.59. The summed E-state index contributed by atoms with van der Waals surface area (Å²) in [5.74, 6) is 6.37. The Balaban J connectivity index is 0.000000523. The average molecular weight is 455 g/mol. The summed E-state index contributed by atoms with van der Waals surface area (Å²) in [6.45, 7) is 2.31. The van der Waals surface area contributed by atoms with E-state index < -0.39 is 14.7 Å². The molecule has 8 nitrogen and oxygen atoms in total. The lowest BCUT2D eigenvalue weighted by Gasteiger charge is -2.25. The molecule has 2 aromatic carbocycles. The van der Waals surface area contributed by atoms with Crippen LogP contribution >= 0.6 is 8.60 Å². The molecule has 2 aliphatic rings. The molecule has 5 N–H and O–H groups in total. The van der Waals surface area contributed by atoms with Gasteiger partial charge in [0.1, 0.15) is 6.17 Å². The monoisotopic (exact) mass is 455 g/mol. The van der Waals surface area contributed by atoms with E-state index in [1.807, 2.05) is 59.8 Å². The molecule has 32 heavy (non-hydrogen) atoms. The summed E-state index contributed by atoms with van der Waals surface area (Å²) in [5.41, 5.74) is 5.06. The van der Waals surface area contributed by atoms with E-state index in [1.165, 1.54) is 7.11 Å². The van der Waals surface area contributed by atoms with Crippen molar-refractivity contribution in [1.82, 2.24) is 10.2 Å². The second kappa shape index (κ2) is 11.1. The number of anilines is 1. The molecule has 1 amide bonds. The van der Waals surface area contributed by atoms with Crippen molar-refractivity contribution in [1.29, 1.82) is 0 Å². The highest BCUT2D eigenvalue weighted by atomic mass is 31.2. The molecule has 2 aliphatic heterocycles. The van der Waals surface area contributed by atoms with Crippen LogP contribution in [0.1, 0.15) is 18.1 Å². The minimum atomic E-state index is -2.10. The van der Waals surface area contributed by atoms with E-state index in [-0.39, 0.29) is 12.1 Å². The van der Waals surface area contributed by atoms with Crippen LogP contribution in [0.3, 0.4) is 0 Å². The Morgan fingerprint density at radius 3 is 2.56 bits per heavy atom. The van der Waals surface area contributed by atoms with Crippen LogP contribution in [0.15, 0.2) is 54.9 Å². The van der Waals surface area contributed by atoms with Gasteiger partial charge in [0.2, 0.25) is 5.91 Å². The van der Waals surface area contributed by atoms with Crippen molar-refractivity contribution in [2.24, 2.45) is 0 Å². The molecule has 0 radical (unpaired) electrons. The Morgan fingerprint density at radius 2 is 1.91 bits per heavy atom. The number of aliphatic hydroxyl groups excluding tert-OH is 1. The van der Waals surface area contributed by atoms with E-state index in [0.717, 1.165) is 27.9 Å². The molecule has 0 aromatic heterocycles. The molecule has 0 spiro atoms. The zero-order valence-electron chi connectivity index (χ0n) is 17.8. The molecular weight excluding hydrogens is 429 g/mol. The lowest BCUT2D eigenvalue weighted by atomic mass is 10.0. The lowest BCUT2D eigenvalue weighted by molar-refractivity contribution is -0.115. The topological polar surface area (TPSA) is 114 Å². The molecule has 2 atom stereocenters. The Bertz CT molecular complexity index is 1030. The van der Waals surface area contributed by atoms with Gasteiger partial charge in [-0.3, -0.25) is 4.79 Å². The van der Waals surface area contributed by atoms with Crippen molar-refractivity contribution in [3.63, 3.8) is 0 Å². The Kier molecular flexibility index (Phi) is 8.23. The van der Waals surface area contributed by atoms with Crippen LogP contribution in [-0.2, 0) is 15.7 Å². The van der Waals surface area contributed by atoms with Crippen LogP contribution in [0.25, 0.3) is 11.1 Å². The molecular formula is C23H26N3O5P. The summed E-state index contributed by atoms with van der Waals surface area (Å²) in [6, 6.07) is 14.1. The van der Waals surface area contributed by atoms with Crippen LogP contribution < -0.4 is 10.6 Å². The average Bonchev–Trinajstić information content (AvgIpc) is 3.39. The zero-order valence-corrected chi connectivity index (χ0v) is 18.7. The van der Waals surface area contributed by atoms with Crippen molar-refractivity contribution in [2.75, 3.05) is 19.0 Å². The van der Waals surface area contributed by atoms with E-state index in [9.17, 15) is 9.90 Å². The number of fused-ring (bicyclic) bond motifs is 1. The molecule has 0 bridgehead atoms. The van der Waals surface area contributed by atoms with Crippen molar-refractivity contribution < 1.29 is 24.2 Å². The number of nitrogens with zero attached hydrogens (tertiary/aromatic N) is 1. The fraction of sp³-hybridized carbons (Fsp3) is 0.261. The molecule has 0 fully saturated rings. The van der Waals surface area contributed by atoms with Crippen LogP contribution in [0, 0.1) is 11.8 Å². The maximum Gasteiger partial charge on any atom is 0.326 e. The van der Waals surface area contributed by atoms with Crippen LogP contribution in [0.2, 0.25) is 0 Å². The standard InChI is InChI=1S/C22H21N3O2.CH5O3P/c1-15(26)22-23-10-12-25(22)11-2-3-16-4-6-17(7-5-16)18-8-9-19-14-21(27)24-20(19)13-18;1-4-5(2)3/h4-10,12-13,15,22-23,26H,11,14H2,1H3,(H,24,27);2-3H,1H3. The van der Waals surface area contributed by atoms with Gasteiger partial charge in [-0.15, -0.1) is 0 Å². The van der Waals surface area contributed by atoms with Gasteiger partial charge < -0.3 is 35.0 Å². The van der Waals surface area contributed by atoms with Gasteiger partial charge in [-0.2, -0.15) is 0 Å². The number of aliphatic hydroxyl groups is 1. The fourth-order valence-electron chi connectivity index (χ4n) is 3.37. The van der Waals surface area contributed by atoms with Crippen LogP contribution in [-0.4, -0.2) is 51.6 Å². The quantitative estimate of drug-likeness (QED) is 0.355. The minimum absolute atomic E-state index is 0.0497.